The average molecular weight is 426 g/mol. The van der Waals surface area contributed by atoms with Gasteiger partial charge >= 0.3 is 0 Å². The van der Waals surface area contributed by atoms with Gasteiger partial charge in [-0.05, 0) is 30.2 Å². The zero-order valence-electron chi connectivity index (χ0n) is 15.2. The second-order valence-corrected chi connectivity index (χ2v) is 6.97. The lowest BCUT2D eigenvalue weighted by molar-refractivity contribution is -0.134. The van der Waals surface area contributed by atoms with Crippen molar-refractivity contribution >= 4 is 35.8 Å². The Bertz CT molecular complexity index is 827. The average Bonchev–Trinajstić information content (AvgIpc) is 2.68. The maximum absolute atomic E-state index is 14.0. The molecule has 0 bridgehead atoms. The number of hydrogen-bond donors (Lipinski definition) is 1. The molecule has 28 heavy (non-hydrogen) atoms. The molecule has 3 rings (SSSR count). The van der Waals surface area contributed by atoms with Crippen LogP contribution in [-0.4, -0.2) is 53.8 Å². The minimum atomic E-state index is -0.643. The van der Waals surface area contributed by atoms with E-state index >= 15 is 0 Å². The maximum Gasteiger partial charge on any atom is 0.256 e. The first-order valence-corrected chi connectivity index (χ1v) is 9.16. The fourth-order valence-electron chi connectivity index (χ4n) is 3.15. The van der Waals surface area contributed by atoms with E-state index in [1.54, 1.807) is 9.80 Å². The highest BCUT2D eigenvalue weighted by molar-refractivity contribution is 6.30. The minimum Gasteiger partial charge on any atom is -0.338 e. The van der Waals surface area contributed by atoms with Gasteiger partial charge in [-0.2, -0.15) is 0 Å². The first-order valence-electron chi connectivity index (χ1n) is 8.78. The van der Waals surface area contributed by atoms with Crippen molar-refractivity contribution in [2.75, 3.05) is 26.2 Å². The molecule has 1 fully saturated rings. The normalized spacial score (nSPS) is 15.0. The fraction of sp³-hybridized carbons (Fsp3) is 0.300. The molecular formula is C20H22Cl2FN3O2. The third-order valence-corrected chi connectivity index (χ3v) is 4.89. The van der Waals surface area contributed by atoms with E-state index in [9.17, 15) is 14.0 Å². The molecule has 150 valence electrons. The summed E-state index contributed by atoms with van der Waals surface area (Å²) in [5.74, 6) is -1.18. The quantitative estimate of drug-likeness (QED) is 0.818. The third-order valence-electron chi connectivity index (χ3n) is 4.66. The molecule has 0 aromatic heterocycles. The van der Waals surface area contributed by atoms with Crippen LogP contribution in [0.5, 0.6) is 0 Å². The number of rotatable bonds is 4. The van der Waals surface area contributed by atoms with E-state index in [4.69, 9.17) is 17.3 Å². The van der Waals surface area contributed by atoms with Crippen LogP contribution >= 0.6 is 24.0 Å². The maximum atomic E-state index is 14.0. The Balaban J connectivity index is 0.00000280. The number of hydrogen-bond acceptors (Lipinski definition) is 3. The zero-order valence-corrected chi connectivity index (χ0v) is 16.8. The van der Waals surface area contributed by atoms with Gasteiger partial charge < -0.3 is 15.5 Å². The summed E-state index contributed by atoms with van der Waals surface area (Å²) in [5, 5.41) is 0.242. The van der Waals surface area contributed by atoms with Gasteiger partial charge in [0, 0.05) is 31.2 Å². The Morgan fingerprint density at radius 2 is 1.64 bits per heavy atom. The molecule has 0 unspecified atom stereocenters. The lowest BCUT2D eigenvalue weighted by Gasteiger charge is -2.36. The second kappa shape index (κ2) is 9.87. The molecule has 2 aromatic carbocycles. The highest BCUT2D eigenvalue weighted by atomic mass is 35.5. The van der Waals surface area contributed by atoms with Crippen LogP contribution in [-0.2, 0) is 11.2 Å². The number of carbonyl (C=O) groups excluding carboxylic acids is 2. The number of nitrogens with zero attached hydrogens (tertiary/aromatic N) is 2. The Morgan fingerprint density at radius 1 is 1.04 bits per heavy atom. The fourth-order valence-corrected chi connectivity index (χ4v) is 3.31. The molecule has 5 nitrogen and oxygen atoms in total. The first kappa shape index (κ1) is 22.1. The zero-order chi connectivity index (χ0) is 19.4. The van der Waals surface area contributed by atoms with Gasteiger partial charge in [0.2, 0.25) is 5.91 Å². The van der Waals surface area contributed by atoms with E-state index in [1.807, 2.05) is 30.3 Å². The van der Waals surface area contributed by atoms with Gasteiger partial charge in [-0.1, -0.05) is 41.9 Å². The number of nitrogens with two attached hydrogens (primary N) is 1. The Labute approximate surface area is 174 Å². The number of halogens is 3. The van der Waals surface area contributed by atoms with Crippen molar-refractivity contribution in [2.45, 2.75) is 12.5 Å². The number of amides is 2. The topological polar surface area (TPSA) is 66.6 Å². The Morgan fingerprint density at radius 3 is 2.25 bits per heavy atom. The van der Waals surface area contributed by atoms with Crippen LogP contribution in [0, 0.1) is 5.82 Å². The molecule has 1 saturated heterocycles. The Kier molecular flexibility index (Phi) is 7.80. The summed E-state index contributed by atoms with van der Waals surface area (Å²) in [6.45, 7) is 1.43. The van der Waals surface area contributed by atoms with Gasteiger partial charge in [-0.15, -0.1) is 12.4 Å². The summed E-state index contributed by atoms with van der Waals surface area (Å²) in [6, 6.07) is 13.0. The molecule has 1 aliphatic rings. The van der Waals surface area contributed by atoms with Crippen molar-refractivity contribution in [3.05, 3.63) is 70.5 Å². The molecule has 2 aromatic rings. The second-order valence-electron chi connectivity index (χ2n) is 6.54. The van der Waals surface area contributed by atoms with Crippen LogP contribution < -0.4 is 5.73 Å². The molecule has 2 N–H and O–H groups in total. The van der Waals surface area contributed by atoms with Gasteiger partial charge in [0.05, 0.1) is 11.6 Å². The van der Waals surface area contributed by atoms with Gasteiger partial charge in [-0.25, -0.2) is 4.39 Å². The molecule has 0 saturated carbocycles. The molecule has 1 aliphatic heterocycles. The van der Waals surface area contributed by atoms with Crippen molar-refractivity contribution in [3.8, 4) is 0 Å². The molecule has 0 spiro atoms. The predicted molar refractivity (Wildman–Crippen MR) is 109 cm³/mol. The van der Waals surface area contributed by atoms with Crippen molar-refractivity contribution in [1.29, 1.82) is 0 Å². The largest absolute Gasteiger partial charge is 0.338 e. The van der Waals surface area contributed by atoms with Crippen LogP contribution in [0.4, 0.5) is 4.39 Å². The predicted octanol–water partition coefficient (Wildman–Crippen LogP) is 2.76. The van der Waals surface area contributed by atoms with Gasteiger partial charge in [0.15, 0.2) is 0 Å². The number of benzene rings is 2. The molecule has 1 heterocycles. The summed E-state index contributed by atoms with van der Waals surface area (Å²) in [4.78, 5) is 28.3. The summed E-state index contributed by atoms with van der Waals surface area (Å²) in [7, 11) is 0. The molecule has 0 radical (unpaired) electrons. The lowest BCUT2D eigenvalue weighted by atomic mass is 10.1. The highest BCUT2D eigenvalue weighted by Gasteiger charge is 2.28. The molecule has 0 aliphatic carbocycles. The third kappa shape index (κ3) is 5.22. The van der Waals surface area contributed by atoms with Crippen molar-refractivity contribution in [1.82, 2.24) is 9.80 Å². The molecule has 8 heteroatoms. The standard InChI is InChI=1S/C20H21ClFN3O2.ClH/c21-15-6-7-16(17(22)13-15)19(26)24-8-10-25(11-9-24)20(27)18(23)12-14-4-2-1-3-5-14;/h1-7,13,18H,8-12,23H2;1H/t18-;/m0./s1. The van der Waals surface area contributed by atoms with Crippen LogP contribution in [0.2, 0.25) is 5.02 Å². The summed E-state index contributed by atoms with van der Waals surface area (Å²) < 4.78 is 14.0. The van der Waals surface area contributed by atoms with Crippen molar-refractivity contribution in [3.63, 3.8) is 0 Å². The van der Waals surface area contributed by atoms with E-state index in [2.05, 4.69) is 0 Å². The molecule has 1 atom stereocenters. The monoisotopic (exact) mass is 425 g/mol. The van der Waals surface area contributed by atoms with Crippen molar-refractivity contribution < 1.29 is 14.0 Å². The van der Waals surface area contributed by atoms with E-state index in [0.29, 0.717) is 32.6 Å². The van der Waals surface area contributed by atoms with E-state index < -0.39 is 17.8 Å². The number of carbonyl (C=O) groups is 2. The van der Waals surface area contributed by atoms with Crippen molar-refractivity contribution in [2.24, 2.45) is 5.73 Å². The summed E-state index contributed by atoms with van der Waals surface area (Å²) in [5.41, 5.74) is 7.06. The minimum absolute atomic E-state index is 0. The van der Waals surface area contributed by atoms with Gasteiger partial charge in [0.1, 0.15) is 5.82 Å². The van der Waals surface area contributed by atoms with E-state index in [0.717, 1.165) is 11.6 Å². The summed E-state index contributed by atoms with van der Waals surface area (Å²) >= 11 is 5.73. The SMILES string of the molecule is Cl.N[C@@H](Cc1ccccc1)C(=O)N1CCN(C(=O)c2ccc(Cl)cc2F)CC1. The number of piperazine rings is 1. The lowest BCUT2D eigenvalue weighted by Crippen LogP contribution is -2.54. The van der Waals surface area contributed by atoms with Crippen LogP contribution in [0.1, 0.15) is 15.9 Å². The van der Waals surface area contributed by atoms with Gasteiger partial charge in [0.25, 0.3) is 5.91 Å². The summed E-state index contributed by atoms with van der Waals surface area (Å²) in [6.07, 6.45) is 0.467. The van der Waals surface area contributed by atoms with Gasteiger partial charge in [-0.3, -0.25) is 9.59 Å². The van der Waals surface area contributed by atoms with E-state index in [-0.39, 0.29) is 28.9 Å². The van der Waals surface area contributed by atoms with Crippen LogP contribution in [0.3, 0.4) is 0 Å². The molecule has 2 amide bonds. The van der Waals surface area contributed by atoms with E-state index in [1.165, 1.54) is 12.1 Å². The Hall–Kier alpha value is -2.15. The van der Waals surface area contributed by atoms with Crippen LogP contribution in [0.25, 0.3) is 0 Å². The molecular weight excluding hydrogens is 404 g/mol. The smallest absolute Gasteiger partial charge is 0.256 e. The van der Waals surface area contributed by atoms with Crippen LogP contribution in [0.15, 0.2) is 48.5 Å². The first-order chi connectivity index (χ1) is 13.0. The highest BCUT2D eigenvalue weighted by Crippen LogP contribution is 2.17.